The van der Waals surface area contributed by atoms with Gasteiger partial charge in [0.15, 0.2) is 0 Å². The molecule has 3 nitrogen and oxygen atoms in total. The number of rotatable bonds is 4. The quantitative estimate of drug-likeness (QED) is 0.495. The number of nitrogens with zero attached hydrogens (tertiary/aromatic N) is 2. The van der Waals surface area contributed by atoms with Crippen molar-refractivity contribution in [1.82, 2.24) is 4.98 Å². The first-order valence-corrected chi connectivity index (χ1v) is 8.11. The summed E-state index contributed by atoms with van der Waals surface area (Å²) in [5.74, 6) is 0. The van der Waals surface area contributed by atoms with Gasteiger partial charge in [0.1, 0.15) is 0 Å². The van der Waals surface area contributed by atoms with Gasteiger partial charge >= 0.3 is 0 Å². The maximum absolute atomic E-state index is 6.03. The van der Waals surface area contributed by atoms with E-state index in [2.05, 4.69) is 15.5 Å². The lowest BCUT2D eigenvalue weighted by atomic mass is 10.2. The molecule has 3 aromatic rings. The second-order valence-electron chi connectivity index (χ2n) is 4.45. The fraction of sp³-hybridized carbons (Fsp3) is 0. The standard InChI is InChI=1S/C16H11Cl2N3S/c17-13-7-6-12(8-14(13)18)15-10-22-16(20-15)21-19-9-11-4-2-1-3-5-11/h1-10H,(H,20,21)/b19-9+. The number of hydrogen-bond donors (Lipinski definition) is 1. The van der Waals surface area contributed by atoms with Gasteiger partial charge in [0.05, 0.1) is 22.0 Å². The van der Waals surface area contributed by atoms with Crippen LogP contribution in [-0.2, 0) is 0 Å². The summed E-state index contributed by atoms with van der Waals surface area (Å²) in [4.78, 5) is 4.47. The number of halogens is 2. The highest BCUT2D eigenvalue weighted by molar-refractivity contribution is 7.14. The van der Waals surface area contributed by atoms with E-state index in [4.69, 9.17) is 23.2 Å². The van der Waals surface area contributed by atoms with Crippen LogP contribution in [0.15, 0.2) is 59.0 Å². The van der Waals surface area contributed by atoms with Crippen LogP contribution in [0.3, 0.4) is 0 Å². The van der Waals surface area contributed by atoms with Gasteiger partial charge in [-0.25, -0.2) is 4.98 Å². The Morgan fingerprint density at radius 2 is 1.86 bits per heavy atom. The van der Waals surface area contributed by atoms with Gasteiger partial charge in [-0.05, 0) is 17.7 Å². The van der Waals surface area contributed by atoms with Crippen LogP contribution in [0.5, 0.6) is 0 Å². The Morgan fingerprint density at radius 1 is 1.05 bits per heavy atom. The maximum Gasteiger partial charge on any atom is 0.203 e. The van der Waals surface area contributed by atoms with Gasteiger partial charge in [-0.1, -0.05) is 59.6 Å². The number of benzene rings is 2. The predicted octanol–water partition coefficient (Wildman–Crippen LogP) is 5.56. The van der Waals surface area contributed by atoms with E-state index in [0.29, 0.717) is 15.2 Å². The Labute approximate surface area is 142 Å². The minimum atomic E-state index is 0.517. The van der Waals surface area contributed by atoms with E-state index in [9.17, 15) is 0 Å². The Bertz CT molecular complexity index is 800. The number of anilines is 1. The molecule has 0 radical (unpaired) electrons. The van der Waals surface area contributed by atoms with Gasteiger partial charge in [-0.3, -0.25) is 5.43 Å². The largest absolute Gasteiger partial charge is 0.253 e. The Kier molecular flexibility index (Phi) is 4.73. The molecule has 22 heavy (non-hydrogen) atoms. The number of thiazole rings is 1. The topological polar surface area (TPSA) is 37.3 Å². The summed E-state index contributed by atoms with van der Waals surface area (Å²) in [6, 6.07) is 15.3. The highest BCUT2D eigenvalue weighted by Crippen LogP contribution is 2.30. The highest BCUT2D eigenvalue weighted by Gasteiger charge is 2.06. The second-order valence-corrected chi connectivity index (χ2v) is 6.12. The molecule has 0 aliphatic rings. The molecule has 6 heteroatoms. The van der Waals surface area contributed by atoms with Crippen LogP contribution in [-0.4, -0.2) is 11.2 Å². The van der Waals surface area contributed by atoms with Crippen molar-refractivity contribution in [2.45, 2.75) is 0 Å². The molecule has 0 aliphatic heterocycles. The van der Waals surface area contributed by atoms with Crippen molar-refractivity contribution >= 4 is 45.9 Å². The van der Waals surface area contributed by atoms with Crippen LogP contribution >= 0.6 is 34.5 Å². The number of nitrogens with one attached hydrogen (secondary N) is 1. The van der Waals surface area contributed by atoms with Crippen LogP contribution in [0.4, 0.5) is 5.13 Å². The van der Waals surface area contributed by atoms with Crippen LogP contribution < -0.4 is 5.43 Å². The summed E-state index contributed by atoms with van der Waals surface area (Å²) < 4.78 is 0. The van der Waals surface area contributed by atoms with Gasteiger partial charge < -0.3 is 0 Å². The van der Waals surface area contributed by atoms with E-state index in [0.717, 1.165) is 16.8 Å². The third-order valence-corrected chi connectivity index (χ3v) is 4.38. The lowest BCUT2D eigenvalue weighted by Crippen LogP contribution is -1.89. The molecule has 2 aromatic carbocycles. The normalized spacial score (nSPS) is 11.0. The Morgan fingerprint density at radius 3 is 2.64 bits per heavy atom. The molecule has 0 saturated carbocycles. The molecule has 1 aromatic heterocycles. The monoisotopic (exact) mass is 347 g/mol. The summed E-state index contributed by atoms with van der Waals surface area (Å²) in [6.07, 6.45) is 1.75. The summed E-state index contributed by atoms with van der Waals surface area (Å²) in [5, 5.41) is 7.89. The lowest BCUT2D eigenvalue weighted by molar-refractivity contribution is 1.29. The van der Waals surface area contributed by atoms with Gasteiger partial charge in [-0.15, -0.1) is 11.3 Å². The molecule has 0 amide bonds. The smallest absolute Gasteiger partial charge is 0.203 e. The first-order valence-electron chi connectivity index (χ1n) is 6.47. The minimum absolute atomic E-state index is 0.517. The average molecular weight is 348 g/mol. The molecule has 0 spiro atoms. The van der Waals surface area contributed by atoms with Crippen molar-refractivity contribution in [3.63, 3.8) is 0 Å². The summed E-state index contributed by atoms with van der Waals surface area (Å²) >= 11 is 13.4. The van der Waals surface area contributed by atoms with E-state index in [1.165, 1.54) is 11.3 Å². The van der Waals surface area contributed by atoms with Crippen LogP contribution in [0.2, 0.25) is 10.0 Å². The Hall–Kier alpha value is -1.88. The average Bonchev–Trinajstić information content (AvgIpc) is 3.00. The SMILES string of the molecule is Clc1ccc(-c2csc(N/N=C/c3ccccc3)n2)cc1Cl. The summed E-state index contributed by atoms with van der Waals surface area (Å²) in [7, 11) is 0. The fourth-order valence-corrected chi connectivity index (χ4v) is 2.78. The highest BCUT2D eigenvalue weighted by atomic mass is 35.5. The van der Waals surface area contributed by atoms with Crippen molar-refractivity contribution < 1.29 is 0 Å². The molecule has 0 aliphatic carbocycles. The number of aromatic nitrogens is 1. The van der Waals surface area contributed by atoms with E-state index >= 15 is 0 Å². The third kappa shape index (κ3) is 3.65. The van der Waals surface area contributed by atoms with Gasteiger partial charge in [0, 0.05) is 10.9 Å². The molecule has 110 valence electrons. The fourth-order valence-electron chi connectivity index (χ4n) is 1.81. The maximum atomic E-state index is 6.03. The molecule has 1 N–H and O–H groups in total. The van der Waals surface area contributed by atoms with E-state index in [1.54, 1.807) is 18.3 Å². The Balaban J connectivity index is 1.71. The van der Waals surface area contributed by atoms with E-state index < -0.39 is 0 Å². The van der Waals surface area contributed by atoms with Crippen molar-refractivity contribution in [3.8, 4) is 11.3 Å². The molecule has 1 heterocycles. The molecule has 0 fully saturated rings. The predicted molar refractivity (Wildman–Crippen MR) is 95.2 cm³/mol. The van der Waals surface area contributed by atoms with Gasteiger partial charge in [0.2, 0.25) is 5.13 Å². The lowest BCUT2D eigenvalue weighted by Gasteiger charge is -1.99. The first kappa shape index (κ1) is 15.0. The number of hydrazone groups is 1. The van der Waals surface area contributed by atoms with Crippen molar-refractivity contribution in [3.05, 3.63) is 69.5 Å². The van der Waals surface area contributed by atoms with Gasteiger partial charge in [-0.2, -0.15) is 5.10 Å². The second kappa shape index (κ2) is 6.92. The zero-order chi connectivity index (χ0) is 15.4. The van der Waals surface area contributed by atoms with E-state index in [-0.39, 0.29) is 0 Å². The molecule has 0 unspecified atom stereocenters. The van der Waals surface area contributed by atoms with Crippen LogP contribution in [0, 0.1) is 0 Å². The molecular weight excluding hydrogens is 337 g/mol. The first-order chi connectivity index (χ1) is 10.7. The molecule has 0 saturated heterocycles. The zero-order valence-corrected chi connectivity index (χ0v) is 13.7. The van der Waals surface area contributed by atoms with E-state index in [1.807, 2.05) is 41.8 Å². The van der Waals surface area contributed by atoms with Crippen LogP contribution in [0.1, 0.15) is 5.56 Å². The number of hydrogen-bond acceptors (Lipinski definition) is 4. The zero-order valence-electron chi connectivity index (χ0n) is 11.3. The molecule has 3 rings (SSSR count). The van der Waals surface area contributed by atoms with Crippen molar-refractivity contribution in [2.75, 3.05) is 5.43 Å². The summed E-state index contributed by atoms with van der Waals surface area (Å²) in [5.41, 5.74) is 5.71. The van der Waals surface area contributed by atoms with Gasteiger partial charge in [0.25, 0.3) is 0 Å². The third-order valence-electron chi connectivity index (χ3n) is 2.89. The van der Waals surface area contributed by atoms with Crippen LogP contribution in [0.25, 0.3) is 11.3 Å². The van der Waals surface area contributed by atoms with Crippen molar-refractivity contribution in [1.29, 1.82) is 0 Å². The molecule has 0 atom stereocenters. The minimum Gasteiger partial charge on any atom is -0.253 e. The molecule has 0 bridgehead atoms. The van der Waals surface area contributed by atoms with Crippen molar-refractivity contribution in [2.24, 2.45) is 5.10 Å². The molecular formula is C16H11Cl2N3S. The summed E-state index contributed by atoms with van der Waals surface area (Å²) in [6.45, 7) is 0.